The van der Waals surface area contributed by atoms with Crippen LogP contribution in [-0.4, -0.2) is 33.6 Å². The normalized spacial score (nSPS) is 19.9. The Balaban J connectivity index is 1.67. The van der Waals surface area contributed by atoms with E-state index < -0.39 is 17.6 Å². The zero-order valence-electron chi connectivity index (χ0n) is 15.0. The number of rotatable bonds is 5. The second kappa shape index (κ2) is 8.55. The molecule has 0 saturated heterocycles. The second-order valence-corrected chi connectivity index (χ2v) is 6.78. The van der Waals surface area contributed by atoms with E-state index in [1.165, 1.54) is 24.5 Å². The largest absolute Gasteiger partial charge is 0.416 e. The van der Waals surface area contributed by atoms with Crippen molar-refractivity contribution in [3.8, 4) is 0 Å². The van der Waals surface area contributed by atoms with Crippen molar-refractivity contribution in [3.05, 3.63) is 47.9 Å². The molecule has 6 nitrogen and oxygen atoms in total. The minimum atomic E-state index is -4.44. The number of anilines is 2. The van der Waals surface area contributed by atoms with Crippen LogP contribution in [0.15, 0.2) is 36.7 Å². The van der Waals surface area contributed by atoms with Gasteiger partial charge in [0.1, 0.15) is 0 Å². The van der Waals surface area contributed by atoms with Crippen molar-refractivity contribution >= 4 is 17.4 Å². The molecule has 150 valence electrons. The zero-order chi connectivity index (χ0) is 20.1. The first-order chi connectivity index (χ1) is 13.3. The molecule has 28 heavy (non-hydrogen) atoms. The molecule has 0 unspecified atom stereocenters. The van der Waals surface area contributed by atoms with Gasteiger partial charge in [-0.05, 0) is 37.1 Å². The molecule has 1 fully saturated rings. The second-order valence-electron chi connectivity index (χ2n) is 6.78. The van der Waals surface area contributed by atoms with Gasteiger partial charge in [-0.1, -0.05) is 12.8 Å². The van der Waals surface area contributed by atoms with Gasteiger partial charge in [-0.3, -0.25) is 4.79 Å². The van der Waals surface area contributed by atoms with Gasteiger partial charge in [0.05, 0.1) is 11.7 Å². The van der Waals surface area contributed by atoms with Gasteiger partial charge >= 0.3 is 6.18 Å². The van der Waals surface area contributed by atoms with E-state index in [0.717, 1.165) is 37.8 Å². The molecule has 1 saturated carbocycles. The number of carbonyl (C=O) groups is 1. The fourth-order valence-electron chi connectivity index (χ4n) is 3.22. The summed E-state index contributed by atoms with van der Waals surface area (Å²) >= 11 is 0. The van der Waals surface area contributed by atoms with E-state index >= 15 is 0 Å². The SMILES string of the molecule is O=C(Nc1ccc(C(F)(F)F)cc1)c1nccnc1NC[C@@H]1CCCC[C@H]1O. The van der Waals surface area contributed by atoms with Crippen molar-refractivity contribution in [2.24, 2.45) is 5.92 Å². The molecule has 1 heterocycles. The van der Waals surface area contributed by atoms with E-state index in [1.807, 2.05) is 0 Å². The Morgan fingerprint density at radius 3 is 2.46 bits per heavy atom. The average molecular weight is 394 g/mol. The van der Waals surface area contributed by atoms with Crippen molar-refractivity contribution in [2.75, 3.05) is 17.2 Å². The highest BCUT2D eigenvalue weighted by Crippen LogP contribution is 2.30. The topological polar surface area (TPSA) is 87.1 Å². The number of carbonyl (C=O) groups excluding carboxylic acids is 1. The van der Waals surface area contributed by atoms with Gasteiger partial charge in [0, 0.05) is 30.5 Å². The Morgan fingerprint density at radius 1 is 1.11 bits per heavy atom. The lowest BCUT2D eigenvalue weighted by Crippen LogP contribution is -2.31. The number of nitrogens with one attached hydrogen (secondary N) is 2. The summed E-state index contributed by atoms with van der Waals surface area (Å²) in [6.45, 7) is 0.459. The Hall–Kier alpha value is -2.68. The van der Waals surface area contributed by atoms with Crippen LogP contribution in [0.3, 0.4) is 0 Å². The van der Waals surface area contributed by atoms with Crippen LogP contribution in [-0.2, 0) is 6.18 Å². The number of nitrogens with zero attached hydrogens (tertiary/aromatic N) is 2. The van der Waals surface area contributed by atoms with Crippen molar-refractivity contribution < 1.29 is 23.1 Å². The number of benzene rings is 1. The third-order valence-electron chi connectivity index (χ3n) is 4.78. The van der Waals surface area contributed by atoms with E-state index in [-0.39, 0.29) is 29.2 Å². The number of hydrogen-bond acceptors (Lipinski definition) is 5. The van der Waals surface area contributed by atoms with E-state index in [1.54, 1.807) is 0 Å². The smallest absolute Gasteiger partial charge is 0.393 e. The van der Waals surface area contributed by atoms with Crippen LogP contribution >= 0.6 is 0 Å². The van der Waals surface area contributed by atoms with Crippen molar-refractivity contribution in [2.45, 2.75) is 38.0 Å². The molecule has 0 radical (unpaired) electrons. The van der Waals surface area contributed by atoms with Gasteiger partial charge in [-0.25, -0.2) is 9.97 Å². The average Bonchev–Trinajstić information content (AvgIpc) is 2.67. The molecule has 2 aromatic rings. The Morgan fingerprint density at radius 2 is 1.79 bits per heavy atom. The number of hydrogen-bond donors (Lipinski definition) is 3. The number of amides is 1. The number of aliphatic hydroxyl groups excluding tert-OH is 1. The molecular weight excluding hydrogens is 373 g/mol. The first-order valence-electron chi connectivity index (χ1n) is 9.06. The maximum atomic E-state index is 12.6. The fourth-order valence-corrected chi connectivity index (χ4v) is 3.22. The quantitative estimate of drug-likeness (QED) is 0.720. The fraction of sp³-hybridized carbons (Fsp3) is 0.421. The molecule has 1 amide bonds. The molecule has 1 aliphatic carbocycles. The molecule has 1 aromatic carbocycles. The summed E-state index contributed by atoms with van der Waals surface area (Å²) in [6.07, 6.45) is 1.68. The minimum absolute atomic E-state index is 0.0349. The molecule has 0 bridgehead atoms. The van der Waals surface area contributed by atoms with Crippen LogP contribution in [0.2, 0.25) is 0 Å². The summed E-state index contributed by atoms with van der Waals surface area (Å²) in [5, 5.41) is 15.7. The summed E-state index contributed by atoms with van der Waals surface area (Å²) < 4.78 is 37.9. The molecule has 0 spiro atoms. The summed E-state index contributed by atoms with van der Waals surface area (Å²) in [5.41, 5.74) is -0.539. The van der Waals surface area contributed by atoms with Crippen LogP contribution in [0.4, 0.5) is 24.7 Å². The molecular formula is C19H21F3N4O2. The van der Waals surface area contributed by atoms with Gasteiger partial charge < -0.3 is 15.7 Å². The molecule has 9 heteroatoms. The van der Waals surface area contributed by atoms with Gasteiger partial charge in [-0.2, -0.15) is 13.2 Å². The molecule has 1 aromatic heterocycles. The van der Waals surface area contributed by atoms with Crippen LogP contribution in [0.5, 0.6) is 0 Å². The van der Waals surface area contributed by atoms with Crippen molar-refractivity contribution in [1.82, 2.24) is 9.97 Å². The number of alkyl halides is 3. The number of aromatic nitrogens is 2. The Labute approximate surface area is 160 Å². The summed E-state index contributed by atoms with van der Waals surface area (Å²) in [6, 6.07) is 4.16. The van der Waals surface area contributed by atoms with E-state index in [2.05, 4.69) is 20.6 Å². The summed E-state index contributed by atoms with van der Waals surface area (Å²) in [4.78, 5) is 20.7. The van der Waals surface area contributed by atoms with Crippen LogP contribution in [0, 0.1) is 5.92 Å². The molecule has 1 aliphatic rings. The van der Waals surface area contributed by atoms with Gasteiger partial charge in [0.15, 0.2) is 11.5 Å². The number of halogens is 3. The van der Waals surface area contributed by atoms with Crippen LogP contribution in [0.1, 0.15) is 41.7 Å². The van der Waals surface area contributed by atoms with Crippen molar-refractivity contribution in [3.63, 3.8) is 0 Å². The lowest BCUT2D eigenvalue weighted by molar-refractivity contribution is -0.137. The lowest BCUT2D eigenvalue weighted by atomic mass is 9.86. The number of aliphatic hydroxyl groups is 1. The van der Waals surface area contributed by atoms with Gasteiger partial charge in [0.25, 0.3) is 5.91 Å². The van der Waals surface area contributed by atoms with Crippen LogP contribution < -0.4 is 10.6 Å². The Kier molecular flexibility index (Phi) is 6.13. The minimum Gasteiger partial charge on any atom is -0.393 e. The standard InChI is InChI=1S/C19H21F3N4O2/c20-19(21,22)13-5-7-14(8-6-13)26-18(28)16-17(24-10-9-23-16)25-11-12-3-1-2-4-15(12)27/h5-10,12,15,27H,1-4,11H2,(H,24,25)(H,26,28)/t12-,15+/m0/s1. The highest BCUT2D eigenvalue weighted by atomic mass is 19.4. The predicted octanol–water partition coefficient (Wildman–Crippen LogP) is 3.71. The van der Waals surface area contributed by atoms with E-state index in [9.17, 15) is 23.1 Å². The monoisotopic (exact) mass is 394 g/mol. The highest BCUT2D eigenvalue weighted by Gasteiger charge is 2.30. The molecule has 0 aliphatic heterocycles. The highest BCUT2D eigenvalue weighted by molar-refractivity contribution is 6.05. The predicted molar refractivity (Wildman–Crippen MR) is 97.9 cm³/mol. The van der Waals surface area contributed by atoms with Gasteiger partial charge in [0.2, 0.25) is 0 Å². The summed E-state index contributed by atoms with van der Waals surface area (Å²) in [5.74, 6) is -0.245. The zero-order valence-corrected chi connectivity index (χ0v) is 15.0. The third kappa shape index (κ3) is 4.98. The van der Waals surface area contributed by atoms with Crippen LogP contribution in [0.25, 0.3) is 0 Å². The van der Waals surface area contributed by atoms with Gasteiger partial charge in [-0.15, -0.1) is 0 Å². The molecule has 3 rings (SSSR count). The maximum absolute atomic E-state index is 12.6. The first-order valence-corrected chi connectivity index (χ1v) is 9.06. The van der Waals surface area contributed by atoms with Crippen molar-refractivity contribution in [1.29, 1.82) is 0 Å². The first kappa shape index (κ1) is 20.1. The maximum Gasteiger partial charge on any atom is 0.416 e. The third-order valence-corrected chi connectivity index (χ3v) is 4.78. The molecule has 2 atom stereocenters. The lowest BCUT2D eigenvalue weighted by Gasteiger charge is -2.27. The van der Waals surface area contributed by atoms with E-state index in [0.29, 0.717) is 6.54 Å². The summed E-state index contributed by atoms with van der Waals surface area (Å²) in [7, 11) is 0. The molecule has 3 N–H and O–H groups in total. The Bertz CT molecular complexity index is 812. The van der Waals surface area contributed by atoms with E-state index in [4.69, 9.17) is 0 Å².